The number of hydrogen-bond donors (Lipinski definition) is 0. The fourth-order valence-electron chi connectivity index (χ4n) is 1.03. The second kappa shape index (κ2) is 3.51. The van der Waals surface area contributed by atoms with Crippen molar-refractivity contribution in [2.45, 2.75) is 26.7 Å². The van der Waals surface area contributed by atoms with Gasteiger partial charge in [0.25, 0.3) is 0 Å². The van der Waals surface area contributed by atoms with E-state index in [9.17, 15) is 0 Å². The average molecular weight is 149 g/mol. The van der Waals surface area contributed by atoms with E-state index in [4.69, 9.17) is 0 Å². The summed E-state index contributed by atoms with van der Waals surface area (Å²) >= 11 is 0. The molecule has 11 heavy (non-hydrogen) atoms. The molecule has 0 unspecified atom stereocenters. The van der Waals surface area contributed by atoms with Gasteiger partial charge in [-0.1, -0.05) is 26.8 Å². The lowest BCUT2D eigenvalue weighted by atomic mass is 9.92. The third kappa shape index (κ3) is 2.04. The predicted octanol–water partition coefficient (Wildman–Crippen LogP) is 2.84. The van der Waals surface area contributed by atoms with Crippen LogP contribution < -0.4 is 0 Å². The van der Waals surface area contributed by atoms with Crippen molar-refractivity contribution < 1.29 is 0 Å². The highest BCUT2D eigenvalue weighted by Crippen LogP contribution is 2.21. The van der Waals surface area contributed by atoms with Crippen LogP contribution in [0.2, 0.25) is 0 Å². The highest BCUT2D eigenvalue weighted by molar-refractivity contribution is 5.13. The molecule has 0 radical (unpaired) electrons. The molecular weight excluding hydrogens is 134 g/mol. The summed E-state index contributed by atoms with van der Waals surface area (Å²) in [7, 11) is 0. The fraction of sp³-hybridized carbons (Fsp3) is 0.500. The van der Waals surface area contributed by atoms with Crippen molar-refractivity contribution in [1.82, 2.24) is 4.98 Å². The molecule has 0 fully saturated rings. The fourth-order valence-corrected chi connectivity index (χ4v) is 1.03. The second-order valence-corrected chi connectivity index (χ2v) is 3.32. The molecule has 0 saturated heterocycles. The maximum absolute atomic E-state index is 4.09. The van der Waals surface area contributed by atoms with Gasteiger partial charge in [0.2, 0.25) is 0 Å². The zero-order chi connectivity index (χ0) is 8.27. The Hall–Kier alpha value is -0.850. The van der Waals surface area contributed by atoms with Gasteiger partial charge in [0.05, 0.1) is 0 Å². The lowest BCUT2D eigenvalue weighted by molar-refractivity contribution is 0.534. The molecule has 0 aliphatic heterocycles. The van der Waals surface area contributed by atoms with Crippen LogP contribution in [0.4, 0.5) is 0 Å². The van der Waals surface area contributed by atoms with Crippen molar-refractivity contribution in [2.75, 3.05) is 0 Å². The van der Waals surface area contributed by atoms with Crippen LogP contribution in [-0.2, 0) is 0 Å². The molecule has 1 aromatic heterocycles. The quantitative estimate of drug-likeness (QED) is 0.630. The molecule has 1 heterocycles. The third-order valence-corrected chi connectivity index (χ3v) is 2.21. The van der Waals surface area contributed by atoms with Crippen molar-refractivity contribution in [3.63, 3.8) is 0 Å². The Morgan fingerprint density at radius 2 is 2.00 bits per heavy atom. The summed E-state index contributed by atoms with van der Waals surface area (Å²) in [5.74, 6) is 1.31. The van der Waals surface area contributed by atoms with E-state index in [1.54, 1.807) is 0 Å². The van der Waals surface area contributed by atoms with E-state index in [2.05, 4.69) is 31.8 Å². The van der Waals surface area contributed by atoms with Gasteiger partial charge >= 0.3 is 0 Å². The van der Waals surface area contributed by atoms with Crippen LogP contribution in [0.25, 0.3) is 0 Å². The van der Waals surface area contributed by atoms with E-state index in [1.807, 2.05) is 18.5 Å². The van der Waals surface area contributed by atoms with Gasteiger partial charge in [-0.15, -0.1) is 0 Å². The van der Waals surface area contributed by atoms with Crippen LogP contribution in [0.1, 0.15) is 32.3 Å². The lowest BCUT2D eigenvalue weighted by Gasteiger charge is -2.14. The summed E-state index contributed by atoms with van der Waals surface area (Å²) in [5, 5.41) is 0. The molecule has 1 heteroatoms. The molecule has 0 aliphatic carbocycles. The summed E-state index contributed by atoms with van der Waals surface area (Å²) in [6.07, 6.45) is 3.77. The molecule has 0 aromatic carbocycles. The van der Waals surface area contributed by atoms with Crippen molar-refractivity contribution in [3.05, 3.63) is 30.1 Å². The standard InChI is InChI=1S/C10H15N/c1-8(2)9(3)10-5-4-6-11-7-10/h4-9H,1-3H3/t9-/m1/s1. The molecular formula is C10H15N. The van der Waals surface area contributed by atoms with Crippen LogP contribution in [0.3, 0.4) is 0 Å². The molecule has 0 saturated carbocycles. The molecule has 0 N–H and O–H groups in total. The van der Waals surface area contributed by atoms with Gasteiger partial charge < -0.3 is 0 Å². The maximum Gasteiger partial charge on any atom is 0.0302 e. The zero-order valence-electron chi connectivity index (χ0n) is 7.41. The molecule has 1 atom stereocenters. The first-order valence-corrected chi connectivity index (χ1v) is 4.11. The van der Waals surface area contributed by atoms with Crippen LogP contribution >= 0.6 is 0 Å². The van der Waals surface area contributed by atoms with Crippen molar-refractivity contribution >= 4 is 0 Å². The number of rotatable bonds is 2. The van der Waals surface area contributed by atoms with Crippen LogP contribution in [0.15, 0.2) is 24.5 Å². The summed E-state index contributed by atoms with van der Waals surface area (Å²) in [6, 6.07) is 4.13. The molecule has 0 spiro atoms. The van der Waals surface area contributed by atoms with E-state index in [0.29, 0.717) is 11.8 Å². The third-order valence-electron chi connectivity index (χ3n) is 2.21. The smallest absolute Gasteiger partial charge is 0.0302 e. The molecule has 60 valence electrons. The first-order valence-electron chi connectivity index (χ1n) is 4.11. The number of pyridine rings is 1. The number of hydrogen-bond acceptors (Lipinski definition) is 1. The molecule has 1 nitrogen and oxygen atoms in total. The first-order chi connectivity index (χ1) is 5.22. The Balaban J connectivity index is 2.77. The zero-order valence-corrected chi connectivity index (χ0v) is 7.41. The first kappa shape index (κ1) is 8.25. The van der Waals surface area contributed by atoms with Gasteiger partial charge in [-0.05, 0) is 23.5 Å². The minimum atomic E-state index is 0.615. The Kier molecular flexibility index (Phi) is 2.64. The SMILES string of the molecule is CC(C)[C@@H](C)c1cccnc1. The van der Waals surface area contributed by atoms with E-state index in [-0.39, 0.29) is 0 Å². The van der Waals surface area contributed by atoms with Gasteiger partial charge in [0.1, 0.15) is 0 Å². The Labute approximate surface area is 68.5 Å². The monoisotopic (exact) mass is 149 g/mol. The minimum absolute atomic E-state index is 0.615. The maximum atomic E-state index is 4.09. The van der Waals surface area contributed by atoms with E-state index >= 15 is 0 Å². The van der Waals surface area contributed by atoms with Crippen LogP contribution in [0.5, 0.6) is 0 Å². The molecule has 0 aliphatic rings. The largest absolute Gasteiger partial charge is 0.264 e. The van der Waals surface area contributed by atoms with Gasteiger partial charge in [-0.3, -0.25) is 4.98 Å². The second-order valence-electron chi connectivity index (χ2n) is 3.32. The van der Waals surface area contributed by atoms with Gasteiger partial charge in [-0.25, -0.2) is 0 Å². The van der Waals surface area contributed by atoms with Crippen molar-refractivity contribution in [2.24, 2.45) is 5.92 Å². The molecule has 1 aromatic rings. The summed E-state index contributed by atoms with van der Waals surface area (Å²) < 4.78 is 0. The number of nitrogens with zero attached hydrogens (tertiary/aromatic N) is 1. The summed E-state index contributed by atoms with van der Waals surface area (Å²) in [6.45, 7) is 6.71. The Bertz CT molecular complexity index is 203. The highest BCUT2D eigenvalue weighted by atomic mass is 14.6. The predicted molar refractivity (Wildman–Crippen MR) is 47.5 cm³/mol. The molecule has 0 bridgehead atoms. The van der Waals surface area contributed by atoms with Crippen LogP contribution in [0, 0.1) is 5.92 Å². The van der Waals surface area contributed by atoms with Crippen LogP contribution in [-0.4, -0.2) is 4.98 Å². The van der Waals surface area contributed by atoms with E-state index < -0.39 is 0 Å². The topological polar surface area (TPSA) is 12.9 Å². The normalized spacial score (nSPS) is 13.5. The van der Waals surface area contributed by atoms with E-state index in [1.165, 1.54) is 5.56 Å². The average Bonchev–Trinajstić information content (AvgIpc) is 2.05. The van der Waals surface area contributed by atoms with Gasteiger partial charge in [0.15, 0.2) is 0 Å². The Morgan fingerprint density at radius 3 is 2.45 bits per heavy atom. The highest BCUT2D eigenvalue weighted by Gasteiger charge is 2.08. The van der Waals surface area contributed by atoms with Crippen molar-refractivity contribution in [3.8, 4) is 0 Å². The van der Waals surface area contributed by atoms with Gasteiger partial charge in [-0.2, -0.15) is 0 Å². The van der Waals surface area contributed by atoms with Gasteiger partial charge in [0, 0.05) is 12.4 Å². The minimum Gasteiger partial charge on any atom is -0.264 e. The van der Waals surface area contributed by atoms with Crippen molar-refractivity contribution in [1.29, 1.82) is 0 Å². The Morgan fingerprint density at radius 1 is 1.27 bits per heavy atom. The number of aromatic nitrogens is 1. The lowest BCUT2D eigenvalue weighted by Crippen LogP contribution is -2.01. The van der Waals surface area contributed by atoms with E-state index in [0.717, 1.165) is 0 Å². The molecule has 1 rings (SSSR count). The summed E-state index contributed by atoms with van der Waals surface area (Å²) in [5.41, 5.74) is 1.34. The molecule has 0 amide bonds. The summed E-state index contributed by atoms with van der Waals surface area (Å²) in [4.78, 5) is 4.09.